The Hall–Kier alpha value is -3.15. The zero-order valence-corrected chi connectivity index (χ0v) is 15.6. The molecule has 0 radical (unpaired) electrons. The number of anilines is 1. The summed E-state index contributed by atoms with van der Waals surface area (Å²) in [6.45, 7) is 4.68. The molecule has 0 fully saturated rings. The first-order valence-corrected chi connectivity index (χ1v) is 8.75. The Morgan fingerprint density at radius 2 is 1.63 bits per heavy atom. The molecule has 0 spiro atoms. The summed E-state index contributed by atoms with van der Waals surface area (Å²) >= 11 is 0. The molecule has 0 aliphatic carbocycles. The maximum absolute atomic E-state index is 12.4. The van der Waals surface area contributed by atoms with Crippen LogP contribution in [0.5, 0.6) is 5.75 Å². The highest BCUT2D eigenvalue weighted by atomic mass is 16.6. The quantitative estimate of drug-likeness (QED) is 0.568. The normalized spacial score (nSPS) is 12.6. The number of amides is 1. The summed E-state index contributed by atoms with van der Waals surface area (Å²) in [4.78, 5) is 36.3. The van der Waals surface area contributed by atoms with E-state index < -0.39 is 24.1 Å². The first-order valence-electron chi connectivity index (χ1n) is 8.75. The number of carbonyl (C=O) groups excluding carboxylic acids is 3. The van der Waals surface area contributed by atoms with Crippen molar-refractivity contribution in [2.24, 2.45) is 0 Å². The molecular formula is C21H23NO5. The Labute approximate surface area is 158 Å². The summed E-state index contributed by atoms with van der Waals surface area (Å²) in [5, 5.41) is 2.63. The second kappa shape index (κ2) is 9.52. The molecule has 6 heteroatoms. The van der Waals surface area contributed by atoms with E-state index in [1.165, 1.54) is 13.8 Å². The van der Waals surface area contributed by atoms with Gasteiger partial charge in [-0.1, -0.05) is 37.3 Å². The van der Waals surface area contributed by atoms with Crippen LogP contribution in [0, 0.1) is 0 Å². The molecule has 0 aromatic heterocycles. The van der Waals surface area contributed by atoms with Crippen molar-refractivity contribution < 1.29 is 23.9 Å². The predicted molar refractivity (Wildman–Crippen MR) is 102 cm³/mol. The van der Waals surface area contributed by atoms with E-state index in [0.29, 0.717) is 23.4 Å². The Morgan fingerprint density at radius 1 is 1.00 bits per heavy atom. The standard InChI is InChI=1S/C21H23NO5/c1-4-19(27-16-10-6-5-7-11-16)21(25)26-15(3)20(24)22-18-13-9-8-12-17(18)14(2)23/h5-13,15,19H,4H2,1-3H3,(H,22,24)/t15-,19-/m1/s1. The molecule has 1 N–H and O–H groups in total. The number of Topliss-reactive ketones (excluding diaryl/α,β-unsaturated/α-hetero) is 1. The van der Waals surface area contributed by atoms with Gasteiger partial charge in [0.15, 0.2) is 18.0 Å². The molecule has 0 heterocycles. The van der Waals surface area contributed by atoms with Gasteiger partial charge in [0.25, 0.3) is 5.91 Å². The third kappa shape index (κ3) is 5.67. The molecular weight excluding hydrogens is 346 g/mol. The minimum atomic E-state index is -1.04. The summed E-state index contributed by atoms with van der Waals surface area (Å²) in [6.07, 6.45) is -1.45. The average Bonchev–Trinajstić information content (AvgIpc) is 2.66. The third-order valence-corrected chi connectivity index (χ3v) is 3.88. The Bertz CT molecular complexity index is 803. The maximum atomic E-state index is 12.4. The molecule has 142 valence electrons. The number of para-hydroxylation sites is 2. The second-order valence-electron chi connectivity index (χ2n) is 6.00. The van der Waals surface area contributed by atoms with Crippen LogP contribution in [-0.2, 0) is 14.3 Å². The molecule has 2 rings (SSSR count). The largest absolute Gasteiger partial charge is 0.479 e. The molecule has 2 aromatic carbocycles. The monoisotopic (exact) mass is 369 g/mol. The van der Waals surface area contributed by atoms with Gasteiger partial charge < -0.3 is 14.8 Å². The van der Waals surface area contributed by atoms with Gasteiger partial charge in [-0.25, -0.2) is 4.79 Å². The van der Waals surface area contributed by atoms with E-state index in [4.69, 9.17) is 9.47 Å². The number of hydrogen-bond donors (Lipinski definition) is 1. The van der Waals surface area contributed by atoms with Crippen molar-refractivity contribution in [3.05, 3.63) is 60.2 Å². The van der Waals surface area contributed by atoms with Gasteiger partial charge in [0.2, 0.25) is 0 Å². The number of ketones is 1. The third-order valence-electron chi connectivity index (χ3n) is 3.88. The molecule has 0 aliphatic heterocycles. The molecule has 0 saturated heterocycles. The van der Waals surface area contributed by atoms with Gasteiger partial charge in [0.1, 0.15) is 5.75 Å². The van der Waals surface area contributed by atoms with Crippen molar-refractivity contribution in [2.75, 3.05) is 5.32 Å². The van der Waals surface area contributed by atoms with Crippen LogP contribution < -0.4 is 10.1 Å². The van der Waals surface area contributed by atoms with Crippen molar-refractivity contribution in [1.82, 2.24) is 0 Å². The summed E-state index contributed by atoms with van der Waals surface area (Å²) < 4.78 is 10.9. The smallest absolute Gasteiger partial charge is 0.348 e. The second-order valence-corrected chi connectivity index (χ2v) is 6.00. The van der Waals surface area contributed by atoms with Crippen LogP contribution in [0.3, 0.4) is 0 Å². The van der Waals surface area contributed by atoms with E-state index >= 15 is 0 Å². The highest BCUT2D eigenvalue weighted by Gasteiger charge is 2.26. The Balaban J connectivity index is 1.98. The predicted octanol–water partition coefficient (Wildman–Crippen LogP) is 3.62. The molecule has 6 nitrogen and oxygen atoms in total. The number of nitrogens with one attached hydrogen (secondary N) is 1. The van der Waals surface area contributed by atoms with Gasteiger partial charge >= 0.3 is 5.97 Å². The topological polar surface area (TPSA) is 81.7 Å². The number of hydrogen-bond acceptors (Lipinski definition) is 5. The number of rotatable bonds is 8. The first-order chi connectivity index (χ1) is 12.9. The summed E-state index contributed by atoms with van der Waals surface area (Å²) in [6, 6.07) is 15.6. The van der Waals surface area contributed by atoms with Crippen LogP contribution in [0.4, 0.5) is 5.69 Å². The molecule has 0 unspecified atom stereocenters. The lowest BCUT2D eigenvalue weighted by molar-refractivity contribution is -0.160. The van der Waals surface area contributed by atoms with Crippen LogP contribution in [0.1, 0.15) is 37.6 Å². The molecule has 0 bridgehead atoms. The van der Waals surface area contributed by atoms with Crippen molar-refractivity contribution in [3.8, 4) is 5.75 Å². The summed E-state index contributed by atoms with van der Waals surface area (Å²) in [5.41, 5.74) is 0.772. The fourth-order valence-corrected chi connectivity index (χ4v) is 2.40. The minimum Gasteiger partial charge on any atom is -0.479 e. The summed E-state index contributed by atoms with van der Waals surface area (Å²) in [5.74, 6) is -0.762. The zero-order valence-electron chi connectivity index (χ0n) is 15.6. The van der Waals surface area contributed by atoms with Gasteiger partial charge in [0.05, 0.1) is 5.69 Å². The lowest BCUT2D eigenvalue weighted by atomic mass is 10.1. The molecule has 0 aliphatic rings. The van der Waals surface area contributed by atoms with E-state index in [1.54, 1.807) is 55.5 Å². The van der Waals surface area contributed by atoms with Gasteiger partial charge in [0, 0.05) is 5.56 Å². The van der Waals surface area contributed by atoms with Gasteiger partial charge in [-0.05, 0) is 44.5 Å². The maximum Gasteiger partial charge on any atom is 0.348 e. The number of esters is 1. The van der Waals surface area contributed by atoms with Gasteiger partial charge in [-0.3, -0.25) is 9.59 Å². The average molecular weight is 369 g/mol. The van der Waals surface area contributed by atoms with Crippen LogP contribution in [0.2, 0.25) is 0 Å². The lowest BCUT2D eigenvalue weighted by Gasteiger charge is -2.20. The van der Waals surface area contributed by atoms with Gasteiger partial charge in [-0.2, -0.15) is 0 Å². The Morgan fingerprint density at radius 3 is 2.26 bits per heavy atom. The fourth-order valence-electron chi connectivity index (χ4n) is 2.40. The van der Waals surface area contributed by atoms with E-state index in [9.17, 15) is 14.4 Å². The zero-order chi connectivity index (χ0) is 19.8. The number of benzene rings is 2. The molecule has 2 aromatic rings. The molecule has 0 saturated carbocycles. The lowest BCUT2D eigenvalue weighted by Crippen LogP contribution is -2.36. The van der Waals surface area contributed by atoms with Crippen LogP contribution >= 0.6 is 0 Å². The van der Waals surface area contributed by atoms with Crippen LogP contribution in [-0.4, -0.2) is 29.9 Å². The van der Waals surface area contributed by atoms with Crippen LogP contribution in [0.15, 0.2) is 54.6 Å². The summed E-state index contributed by atoms with van der Waals surface area (Å²) in [7, 11) is 0. The first kappa shape index (κ1) is 20.2. The van der Waals surface area contributed by atoms with Crippen LogP contribution in [0.25, 0.3) is 0 Å². The van der Waals surface area contributed by atoms with E-state index in [2.05, 4.69) is 5.32 Å². The van der Waals surface area contributed by atoms with Gasteiger partial charge in [-0.15, -0.1) is 0 Å². The Kier molecular flexibility index (Phi) is 7.11. The van der Waals surface area contributed by atoms with E-state index in [1.807, 2.05) is 6.07 Å². The highest BCUT2D eigenvalue weighted by molar-refractivity contribution is 6.04. The number of ether oxygens (including phenoxy) is 2. The molecule has 2 atom stereocenters. The fraction of sp³-hybridized carbons (Fsp3) is 0.286. The minimum absolute atomic E-state index is 0.169. The molecule has 1 amide bonds. The van der Waals surface area contributed by atoms with Crippen molar-refractivity contribution >= 4 is 23.3 Å². The van der Waals surface area contributed by atoms with Crippen molar-refractivity contribution in [1.29, 1.82) is 0 Å². The van der Waals surface area contributed by atoms with Crippen molar-refractivity contribution in [3.63, 3.8) is 0 Å². The highest BCUT2D eigenvalue weighted by Crippen LogP contribution is 2.17. The van der Waals surface area contributed by atoms with E-state index in [0.717, 1.165) is 0 Å². The SMILES string of the molecule is CC[C@@H](Oc1ccccc1)C(=O)O[C@H](C)C(=O)Nc1ccccc1C(C)=O. The number of carbonyl (C=O) groups is 3. The van der Waals surface area contributed by atoms with E-state index in [-0.39, 0.29) is 5.78 Å². The molecule has 27 heavy (non-hydrogen) atoms. The van der Waals surface area contributed by atoms with Crippen molar-refractivity contribution in [2.45, 2.75) is 39.4 Å².